The minimum absolute atomic E-state index is 0.138. The maximum atomic E-state index is 12.0. The van der Waals surface area contributed by atoms with E-state index in [4.69, 9.17) is 9.15 Å². The molecule has 0 radical (unpaired) electrons. The van der Waals surface area contributed by atoms with Gasteiger partial charge in [-0.15, -0.1) is 0 Å². The van der Waals surface area contributed by atoms with Crippen LogP contribution >= 0.6 is 0 Å². The summed E-state index contributed by atoms with van der Waals surface area (Å²) in [5.41, 5.74) is 3.39. The summed E-state index contributed by atoms with van der Waals surface area (Å²) in [5, 5.41) is 10.8. The Balaban J connectivity index is 1.69. The number of aliphatic hydroxyl groups excluding tert-OH is 1. The first-order valence-electron chi connectivity index (χ1n) is 8.46. The van der Waals surface area contributed by atoms with Crippen molar-refractivity contribution in [3.05, 3.63) is 45.3 Å². The Bertz CT molecular complexity index is 843. The van der Waals surface area contributed by atoms with Gasteiger partial charge in [-0.25, -0.2) is 4.79 Å². The lowest BCUT2D eigenvalue weighted by atomic mass is 9.82. The van der Waals surface area contributed by atoms with Gasteiger partial charge in [0.05, 0.1) is 19.8 Å². The predicted molar refractivity (Wildman–Crippen MR) is 91.1 cm³/mol. The molecule has 2 atom stereocenters. The summed E-state index contributed by atoms with van der Waals surface area (Å²) >= 11 is 0. The van der Waals surface area contributed by atoms with Gasteiger partial charge >= 0.3 is 5.63 Å². The first-order chi connectivity index (χ1) is 11.5. The lowest BCUT2D eigenvalue weighted by Crippen LogP contribution is -2.34. The number of aliphatic hydroxyl groups is 1. The molecule has 3 heterocycles. The molecule has 5 nitrogen and oxygen atoms in total. The van der Waals surface area contributed by atoms with E-state index in [0.717, 1.165) is 35.2 Å². The van der Waals surface area contributed by atoms with Crippen molar-refractivity contribution in [2.75, 3.05) is 32.9 Å². The van der Waals surface area contributed by atoms with Gasteiger partial charge in [0.15, 0.2) is 0 Å². The number of hydrogen-bond acceptors (Lipinski definition) is 5. The number of benzene rings is 1. The lowest BCUT2D eigenvalue weighted by molar-refractivity contribution is 0.0803. The van der Waals surface area contributed by atoms with Crippen LogP contribution in [-0.4, -0.2) is 42.9 Å². The summed E-state index contributed by atoms with van der Waals surface area (Å²) in [6, 6.07) is 5.73. The molecule has 4 rings (SSSR count). The number of hydrogen-bond donors (Lipinski definition) is 1. The van der Waals surface area contributed by atoms with E-state index in [1.54, 1.807) is 6.07 Å². The van der Waals surface area contributed by atoms with Gasteiger partial charge in [0.25, 0.3) is 0 Å². The maximum Gasteiger partial charge on any atom is 0.336 e. The van der Waals surface area contributed by atoms with Gasteiger partial charge in [0, 0.05) is 42.4 Å². The molecule has 2 aliphatic heterocycles. The molecule has 2 aromatic rings. The van der Waals surface area contributed by atoms with Crippen molar-refractivity contribution in [2.45, 2.75) is 20.4 Å². The van der Waals surface area contributed by atoms with E-state index >= 15 is 0 Å². The van der Waals surface area contributed by atoms with Crippen molar-refractivity contribution < 1.29 is 14.3 Å². The molecule has 5 heteroatoms. The Labute approximate surface area is 140 Å². The van der Waals surface area contributed by atoms with Crippen molar-refractivity contribution in [1.82, 2.24) is 4.90 Å². The fourth-order valence-electron chi connectivity index (χ4n) is 4.34. The summed E-state index contributed by atoms with van der Waals surface area (Å²) in [7, 11) is 0. The van der Waals surface area contributed by atoms with E-state index in [-0.39, 0.29) is 17.6 Å². The molecular weight excluding hydrogens is 306 g/mol. The largest absolute Gasteiger partial charge is 0.422 e. The molecule has 128 valence electrons. The average Bonchev–Trinajstić information content (AvgIpc) is 3.05. The Morgan fingerprint density at radius 1 is 1.33 bits per heavy atom. The molecule has 1 N–H and O–H groups in total. The highest BCUT2D eigenvalue weighted by Gasteiger charge is 2.50. The Hall–Kier alpha value is -1.69. The van der Waals surface area contributed by atoms with Crippen LogP contribution in [0.2, 0.25) is 0 Å². The molecule has 0 saturated carbocycles. The van der Waals surface area contributed by atoms with E-state index in [1.165, 1.54) is 0 Å². The molecule has 0 aliphatic carbocycles. The number of likely N-dealkylation sites (tertiary alicyclic amines) is 1. The van der Waals surface area contributed by atoms with Gasteiger partial charge in [-0.2, -0.15) is 0 Å². The third kappa shape index (κ3) is 2.48. The molecule has 2 fully saturated rings. The smallest absolute Gasteiger partial charge is 0.336 e. The predicted octanol–water partition coefficient (Wildman–Crippen LogP) is 1.85. The van der Waals surface area contributed by atoms with Crippen molar-refractivity contribution in [3.63, 3.8) is 0 Å². The normalized spacial score (nSPS) is 27.0. The highest BCUT2D eigenvalue weighted by molar-refractivity contribution is 5.83. The second-order valence-electron chi connectivity index (χ2n) is 7.45. The highest BCUT2D eigenvalue weighted by atomic mass is 16.5. The Morgan fingerprint density at radius 3 is 2.92 bits per heavy atom. The lowest BCUT2D eigenvalue weighted by Gasteiger charge is -2.24. The highest BCUT2D eigenvalue weighted by Crippen LogP contribution is 2.41. The fraction of sp³-hybridized carbons (Fsp3) is 0.526. The van der Waals surface area contributed by atoms with Crippen LogP contribution in [0.1, 0.15) is 16.7 Å². The number of fused-ring (bicyclic) bond motifs is 2. The molecule has 1 aromatic heterocycles. The quantitative estimate of drug-likeness (QED) is 0.871. The summed E-state index contributed by atoms with van der Waals surface area (Å²) in [6.07, 6.45) is 0. The minimum atomic E-state index is -0.302. The minimum Gasteiger partial charge on any atom is -0.422 e. The number of nitrogens with zero attached hydrogens (tertiary/aromatic N) is 1. The van der Waals surface area contributed by atoms with Gasteiger partial charge < -0.3 is 14.3 Å². The molecular formula is C19H23NO4. The molecule has 0 amide bonds. The fourth-order valence-corrected chi connectivity index (χ4v) is 4.34. The summed E-state index contributed by atoms with van der Waals surface area (Å²) in [6.45, 7) is 7.93. The van der Waals surface area contributed by atoms with Gasteiger partial charge in [-0.1, -0.05) is 6.07 Å². The standard InChI is InChI=1S/C19H23NO4/c1-12-3-13(2)18-16(4-12)14(5-17(22)24-18)6-20-7-15-8-23-11-19(15,9-20)10-21/h3-5,15,21H,6-11H2,1-2H3/t15-,19-/m0/s1. The van der Waals surface area contributed by atoms with Crippen molar-refractivity contribution >= 4 is 11.0 Å². The first kappa shape index (κ1) is 15.8. The van der Waals surface area contributed by atoms with Crippen molar-refractivity contribution in [2.24, 2.45) is 11.3 Å². The Kier molecular flexibility index (Phi) is 3.75. The second-order valence-corrected chi connectivity index (χ2v) is 7.45. The molecule has 0 bridgehead atoms. The van der Waals surface area contributed by atoms with Crippen LogP contribution < -0.4 is 5.63 Å². The topological polar surface area (TPSA) is 62.9 Å². The molecule has 0 unspecified atom stereocenters. The zero-order valence-electron chi connectivity index (χ0n) is 14.2. The van der Waals surface area contributed by atoms with Crippen molar-refractivity contribution in [1.29, 1.82) is 0 Å². The molecule has 0 spiro atoms. The van der Waals surface area contributed by atoms with Crippen LogP contribution in [-0.2, 0) is 11.3 Å². The molecule has 24 heavy (non-hydrogen) atoms. The third-order valence-corrected chi connectivity index (χ3v) is 5.56. The van der Waals surface area contributed by atoms with E-state index in [9.17, 15) is 9.90 Å². The SMILES string of the molecule is Cc1cc(C)c2oc(=O)cc(CN3C[C@H]4COC[C@@]4(CO)C3)c2c1. The summed E-state index contributed by atoms with van der Waals surface area (Å²) < 4.78 is 11.0. The van der Waals surface area contributed by atoms with Crippen molar-refractivity contribution in [3.8, 4) is 0 Å². The first-order valence-corrected chi connectivity index (χ1v) is 8.46. The maximum absolute atomic E-state index is 12.0. The van der Waals surface area contributed by atoms with Gasteiger partial charge in [-0.3, -0.25) is 4.90 Å². The molecule has 2 aliphatic rings. The van der Waals surface area contributed by atoms with Gasteiger partial charge in [-0.05, 0) is 36.6 Å². The van der Waals surface area contributed by atoms with Crippen LogP contribution in [0, 0.1) is 25.2 Å². The number of ether oxygens (including phenoxy) is 1. The van der Waals surface area contributed by atoms with Crippen LogP contribution in [0.15, 0.2) is 27.4 Å². The zero-order chi connectivity index (χ0) is 16.9. The molecule has 1 aromatic carbocycles. The van der Waals surface area contributed by atoms with E-state index < -0.39 is 0 Å². The molecule has 2 saturated heterocycles. The average molecular weight is 329 g/mol. The number of rotatable bonds is 3. The monoisotopic (exact) mass is 329 g/mol. The van der Waals surface area contributed by atoms with Crippen LogP contribution in [0.25, 0.3) is 11.0 Å². The second kappa shape index (κ2) is 5.69. The van der Waals surface area contributed by atoms with Gasteiger partial charge in [0.1, 0.15) is 5.58 Å². The van der Waals surface area contributed by atoms with Crippen LogP contribution in [0.3, 0.4) is 0 Å². The van der Waals surface area contributed by atoms with Crippen LogP contribution in [0.5, 0.6) is 0 Å². The van der Waals surface area contributed by atoms with E-state index in [2.05, 4.69) is 17.9 Å². The van der Waals surface area contributed by atoms with Crippen LogP contribution in [0.4, 0.5) is 0 Å². The summed E-state index contributed by atoms with van der Waals surface area (Å²) in [5.74, 6) is 0.373. The van der Waals surface area contributed by atoms with E-state index in [1.807, 2.05) is 13.0 Å². The number of aryl methyl sites for hydroxylation is 2. The summed E-state index contributed by atoms with van der Waals surface area (Å²) in [4.78, 5) is 14.3. The Morgan fingerprint density at radius 2 is 2.17 bits per heavy atom. The van der Waals surface area contributed by atoms with Gasteiger partial charge in [0.2, 0.25) is 0 Å². The third-order valence-electron chi connectivity index (χ3n) is 5.56. The zero-order valence-corrected chi connectivity index (χ0v) is 14.2. The van der Waals surface area contributed by atoms with E-state index in [0.29, 0.717) is 31.3 Å².